The van der Waals surface area contributed by atoms with Gasteiger partial charge >= 0.3 is 0 Å². The van der Waals surface area contributed by atoms with Crippen molar-refractivity contribution in [3.8, 4) is 0 Å². The minimum Gasteiger partial charge on any atom is -0.310 e. The van der Waals surface area contributed by atoms with E-state index in [1.54, 1.807) is 0 Å². The molecule has 0 aliphatic rings. The molecule has 4 heteroatoms. The molecule has 1 rings (SSSR count). The maximum atomic E-state index is 12.4. The standard InChI is InChI=1S/C8H8ClFN2/c9-8(12)7(11)5-1-3-6(10)4-2-5/h1-4,8,11H,12H2. The van der Waals surface area contributed by atoms with Crippen LogP contribution in [0.25, 0.3) is 0 Å². The van der Waals surface area contributed by atoms with Crippen LogP contribution in [0, 0.1) is 11.2 Å². The smallest absolute Gasteiger partial charge is 0.123 e. The van der Waals surface area contributed by atoms with Gasteiger partial charge in [-0.2, -0.15) is 0 Å². The molecule has 3 N–H and O–H groups in total. The van der Waals surface area contributed by atoms with Crippen molar-refractivity contribution in [1.29, 1.82) is 5.41 Å². The van der Waals surface area contributed by atoms with Crippen molar-refractivity contribution in [2.24, 2.45) is 5.73 Å². The number of nitrogens with two attached hydrogens (primary N) is 1. The minimum absolute atomic E-state index is 0.0941. The van der Waals surface area contributed by atoms with E-state index < -0.39 is 5.50 Å². The number of benzene rings is 1. The van der Waals surface area contributed by atoms with Gasteiger partial charge in [-0.15, -0.1) is 0 Å². The molecule has 1 aromatic rings. The Hall–Kier alpha value is -0.930. The number of nitrogens with one attached hydrogen (secondary N) is 1. The summed E-state index contributed by atoms with van der Waals surface area (Å²) in [6, 6.07) is 5.48. The second kappa shape index (κ2) is 3.65. The Morgan fingerprint density at radius 3 is 2.33 bits per heavy atom. The summed E-state index contributed by atoms with van der Waals surface area (Å²) < 4.78 is 12.4. The fourth-order valence-corrected chi connectivity index (χ4v) is 0.915. The maximum absolute atomic E-state index is 12.4. The summed E-state index contributed by atoms with van der Waals surface area (Å²) in [6.07, 6.45) is 0. The van der Waals surface area contributed by atoms with E-state index in [0.717, 1.165) is 0 Å². The molecule has 0 heterocycles. The summed E-state index contributed by atoms with van der Waals surface area (Å²) >= 11 is 5.46. The van der Waals surface area contributed by atoms with Crippen LogP contribution in [0.1, 0.15) is 5.56 Å². The highest BCUT2D eigenvalue weighted by Gasteiger charge is 2.07. The van der Waals surface area contributed by atoms with E-state index in [1.165, 1.54) is 24.3 Å². The fourth-order valence-electron chi connectivity index (χ4n) is 0.789. The van der Waals surface area contributed by atoms with E-state index in [-0.39, 0.29) is 11.5 Å². The number of hydrogen-bond acceptors (Lipinski definition) is 2. The van der Waals surface area contributed by atoms with Gasteiger partial charge in [0.05, 0.1) is 5.71 Å². The first-order valence-electron chi connectivity index (χ1n) is 3.35. The van der Waals surface area contributed by atoms with Crippen molar-refractivity contribution in [2.45, 2.75) is 5.50 Å². The van der Waals surface area contributed by atoms with E-state index in [9.17, 15) is 4.39 Å². The van der Waals surface area contributed by atoms with Crippen LogP contribution in [0.4, 0.5) is 4.39 Å². The van der Waals surface area contributed by atoms with E-state index in [4.69, 9.17) is 22.7 Å². The third kappa shape index (κ3) is 2.03. The van der Waals surface area contributed by atoms with Crippen molar-refractivity contribution >= 4 is 17.3 Å². The largest absolute Gasteiger partial charge is 0.310 e. The van der Waals surface area contributed by atoms with Crippen molar-refractivity contribution < 1.29 is 4.39 Å². The minimum atomic E-state index is -0.838. The van der Waals surface area contributed by atoms with Crippen LogP contribution in [-0.2, 0) is 0 Å². The molecular formula is C8H8ClFN2. The molecule has 0 saturated heterocycles. The topological polar surface area (TPSA) is 49.9 Å². The van der Waals surface area contributed by atoms with Gasteiger partial charge in [-0.1, -0.05) is 23.7 Å². The quantitative estimate of drug-likeness (QED) is 0.413. The first kappa shape index (κ1) is 9.16. The van der Waals surface area contributed by atoms with Gasteiger partial charge in [-0.25, -0.2) is 4.39 Å². The zero-order chi connectivity index (χ0) is 9.14. The van der Waals surface area contributed by atoms with Crippen LogP contribution in [0.2, 0.25) is 0 Å². The molecule has 0 aliphatic heterocycles. The molecular weight excluding hydrogens is 179 g/mol. The fraction of sp³-hybridized carbons (Fsp3) is 0.125. The zero-order valence-corrected chi connectivity index (χ0v) is 6.98. The first-order chi connectivity index (χ1) is 5.61. The van der Waals surface area contributed by atoms with Crippen LogP contribution in [0.3, 0.4) is 0 Å². The summed E-state index contributed by atoms with van der Waals surface area (Å²) in [5, 5.41) is 7.38. The molecule has 0 fully saturated rings. The molecule has 1 aromatic carbocycles. The van der Waals surface area contributed by atoms with E-state index in [0.29, 0.717) is 5.56 Å². The van der Waals surface area contributed by atoms with Gasteiger partial charge in [-0.05, 0) is 17.7 Å². The van der Waals surface area contributed by atoms with Crippen LogP contribution >= 0.6 is 11.6 Å². The lowest BCUT2D eigenvalue weighted by Gasteiger charge is -2.04. The van der Waals surface area contributed by atoms with Gasteiger partial charge in [0.25, 0.3) is 0 Å². The molecule has 0 aromatic heterocycles. The average molecular weight is 187 g/mol. The SMILES string of the molecule is N=C(c1ccc(F)cc1)C(N)Cl. The molecule has 64 valence electrons. The highest BCUT2D eigenvalue weighted by atomic mass is 35.5. The van der Waals surface area contributed by atoms with E-state index in [1.807, 2.05) is 0 Å². The Balaban J connectivity index is 2.90. The summed E-state index contributed by atoms with van der Waals surface area (Å²) in [7, 11) is 0. The van der Waals surface area contributed by atoms with Crippen molar-refractivity contribution in [1.82, 2.24) is 0 Å². The predicted molar refractivity (Wildman–Crippen MR) is 47.1 cm³/mol. The molecule has 0 bridgehead atoms. The van der Waals surface area contributed by atoms with Gasteiger partial charge in [0, 0.05) is 0 Å². The van der Waals surface area contributed by atoms with Gasteiger partial charge < -0.3 is 11.1 Å². The summed E-state index contributed by atoms with van der Waals surface area (Å²) in [6.45, 7) is 0. The number of rotatable bonds is 2. The average Bonchev–Trinajstić information content (AvgIpc) is 2.04. The zero-order valence-electron chi connectivity index (χ0n) is 6.22. The number of halogens is 2. The normalized spacial score (nSPS) is 12.6. The van der Waals surface area contributed by atoms with Gasteiger partial charge in [-0.3, -0.25) is 0 Å². The predicted octanol–water partition coefficient (Wildman–Crippen LogP) is 1.72. The molecule has 12 heavy (non-hydrogen) atoms. The number of alkyl halides is 1. The lowest BCUT2D eigenvalue weighted by atomic mass is 10.1. The summed E-state index contributed by atoms with van der Waals surface area (Å²) in [5.74, 6) is -0.338. The highest BCUT2D eigenvalue weighted by molar-refractivity contribution is 6.33. The molecule has 1 unspecified atom stereocenters. The van der Waals surface area contributed by atoms with E-state index >= 15 is 0 Å². The monoisotopic (exact) mass is 186 g/mol. The van der Waals surface area contributed by atoms with Crippen LogP contribution in [0.5, 0.6) is 0 Å². The van der Waals surface area contributed by atoms with Crippen LogP contribution in [-0.4, -0.2) is 11.2 Å². The molecule has 0 aliphatic carbocycles. The molecule has 2 nitrogen and oxygen atoms in total. The third-order valence-corrected chi connectivity index (χ3v) is 1.65. The van der Waals surface area contributed by atoms with Gasteiger partial charge in [0.15, 0.2) is 0 Å². The molecule has 0 saturated carbocycles. The lowest BCUT2D eigenvalue weighted by molar-refractivity contribution is 0.627. The van der Waals surface area contributed by atoms with Crippen molar-refractivity contribution in [3.05, 3.63) is 35.6 Å². The Morgan fingerprint density at radius 1 is 1.42 bits per heavy atom. The number of hydrogen-bond donors (Lipinski definition) is 2. The Morgan fingerprint density at radius 2 is 1.92 bits per heavy atom. The van der Waals surface area contributed by atoms with Crippen LogP contribution in [0.15, 0.2) is 24.3 Å². The summed E-state index contributed by atoms with van der Waals surface area (Å²) in [5.41, 5.74) is 5.05. The summed E-state index contributed by atoms with van der Waals surface area (Å²) in [4.78, 5) is 0. The molecule has 0 radical (unpaired) electrons. The Kier molecular flexibility index (Phi) is 2.78. The maximum Gasteiger partial charge on any atom is 0.123 e. The first-order valence-corrected chi connectivity index (χ1v) is 3.79. The molecule has 1 atom stereocenters. The lowest BCUT2D eigenvalue weighted by Crippen LogP contribution is -2.23. The second-order valence-electron chi connectivity index (χ2n) is 2.32. The van der Waals surface area contributed by atoms with Crippen molar-refractivity contribution in [3.63, 3.8) is 0 Å². The molecule has 0 amide bonds. The second-order valence-corrected chi connectivity index (χ2v) is 2.79. The Bertz CT molecular complexity index is 282. The highest BCUT2D eigenvalue weighted by Crippen LogP contribution is 2.06. The Labute approximate surface area is 74.7 Å². The third-order valence-electron chi connectivity index (χ3n) is 1.43. The van der Waals surface area contributed by atoms with Crippen LogP contribution < -0.4 is 5.73 Å². The van der Waals surface area contributed by atoms with E-state index in [2.05, 4.69) is 0 Å². The van der Waals surface area contributed by atoms with Gasteiger partial charge in [0.1, 0.15) is 11.3 Å². The van der Waals surface area contributed by atoms with Crippen molar-refractivity contribution in [2.75, 3.05) is 0 Å². The molecule has 0 spiro atoms. The van der Waals surface area contributed by atoms with Gasteiger partial charge in [0.2, 0.25) is 0 Å².